The topological polar surface area (TPSA) is 18.5 Å². The van der Waals surface area contributed by atoms with Crippen LogP contribution in [0, 0.1) is 0 Å². The Kier molecular flexibility index (Phi) is 4.90. The van der Waals surface area contributed by atoms with Crippen molar-refractivity contribution in [1.82, 2.24) is 0 Å². The predicted molar refractivity (Wildman–Crippen MR) is 57.8 cm³/mol. The van der Waals surface area contributed by atoms with Gasteiger partial charge in [-0.2, -0.15) is 0 Å². The van der Waals surface area contributed by atoms with E-state index in [0.717, 1.165) is 12.8 Å². The van der Waals surface area contributed by atoms with E-state index in [9.17, 15) is 0 Å². The third-order valence-electron chi connectivity index (χ3n) is 2.46. The lowest BCUT2D eigenvalue weighted by Gasteiger charge is -2.19. The summed E-state index contributed by atoms with van der Waals surface area (Å²) in [6, 6.07) is 0. The maximum atomic E-state index is 5.21. The highest BCUT2D eigenvalue weighted by Gasteiger charge is 2.12. The van der Waals surface area contributed by atoms with Gasteiger partial charge in [0.25, 0.3) is 0 Å². The van der Waals surface area contributed by atoms with Crippen LogP contribution in [0.5, 0.6) is 0 Å². The van der Waals surface area contributed by atoms with Crippen LogP contribution in [0.4, 0.5) is 0 Å². The highest BCUT2D eigenvalue weighted by molar-refractivity contribution is 5.18. The Morgan fingerprint density at radius 1 is 0.929 bits per heavy atom. The Balaban J connectivity index is 2.53. The first kappa shape index (κ1) is 10.9. The number of hydrogen-bond acceptors (Lipinski definition) is 2. The molecule has 0 fully saturated rings. The number of ether oxygens (including phenoxy) is 2. The van der Waals surface area contributed by atoms with E-state index in [4.69, 9.17) is 9.47 Å². The molecule has 0 unspecified atom stereocenters. The summed E-state index contributed by atoms with van der Waals surface area (Å²) in [5.41, 5.74) is 2.75. The summed E-state index contributed by atoms with van der Waals surface area (Å²) in [6.07, 6.45) is 7.76. The van der Waals surface area contributed by atoms with Gasteiger partial charge in [-0.25, -0.2) is 0 Å². The maximum Gasteiger partial charge on any atom is 0.109 e. The zero-order valence-electron chi connectivity index (χ0n) is 8.63. The van der Waals surface area contributed by atoms with E-state index >= 15 is 0 Å². The molecule has 0 saturated carbocycles. The third kappa shape index (κ3) is 3.29. The number of rotatable bonds is 6. The molecular formula is C12H18O2. The standard InChI is InChI=1S/C12H18O2/c1-3-13-9-11-7-5-6-8-12(11)10-14-4-2/h3-4H,1-2,5-10H2. The Hall–Kier alpha value is -1.18. The summed E-state index contributed by atoms with van der Waals surface area (Å²) < 4.78 is 10.4. The second-order valence-electron chi connectivity index (χ2n) is 3.37. The average Bonchev–Trinajstić information content (AvgIpc) is 2.24. The molecule has 0 spiro atoms. The molecule has 0 heterocycles. The maximum absolute atomic E-state index is 5.21. The van der Waals surface area contributed by atoms with Crippen LogP contribution in [0.2, 0.25) is 0 Å². The minimum Gasteiger partial charge on any atom is -0.497 e. The normalized spacial score (nSPS) is 16.3. The fraction of sp³-hybridized carbons (Fsp3) is 0.500. The quantitative estimate of drug-likeness (QED) is 0.477. The third-order valence-corrected chi connectivity index (χ3v) is 2.46. The van der Waals surface area contributed by atoms with E-state index in [2.05, 4.69) is 13.2 Å². The Bertz CT molecular complexity index is 204. The van der Waals surface area contributed by atoms with Gasteiger partial charge in [0.2, 0.25) is 0 Å². The van der Waals surface area contributed by atoms with Crippen LogP contribution in [0.25, 0.3) is 0 Å². The molecule has 14 heavy (non-hydrogen) atoms. The molecule has 1 rings (SSSR count). The second-order valence-corrected chi connectivity index (χ2v) is 3.37. The van der Waals surface area contributed by atoms with Crippen LogP contribution in [-0.4, -0.2) is 13.2 Å². The fourth-order valence-electron chi connectivity index (χ4n) is 1.70. The second kappa shape index (κ2) is 6.30. The first-order valence-corrected chi connectivity index (χ1v) is 5.03. The lowest BCUT2D eigenvalue weighted by atomic mass is 9.92. The van der Waals surface area contributed by atoms with Gasteiger partial charge in [-0.3, -0.25) is 0 Å². The Labute approximate surface area is 85.9 Å². The molecule has 0 radical (unpaired) electrons. The van der Waals surface area contributed by atoms with E-state index < -0.39 is 0 Å². The highest BCUT2D eigenvalue weighted by atomic mass is 16.5. The molecular weight excluding hydrogens is 176 g/mol. The van der Waals surface area contributed by atoms with Crippen molar-refractivity contribution in [3.8, 4) is 0 Å². The van der Waals surface area contributed by atoms with Crippen LogP contribution in [-0.2, 0) is 9.47 Å². The largest absolute Gasteiger partial charge is 0.497 e. The molecule has 2 nitrogen and oxygen atoms in total. The van der Waals surface area contributed by atoms with Crippen LogP contribution in [0.15, 0.2) is 36.8 Å². The molecule has 0 atom stereocenters. The van der Waals surface area contributed by atoms with Crippen LogP contribution in [0.3, 0.4) is 0 Å². The molecule has 0 aromatic carbocycles. The molecule has 0 saturated heterocycles. The molecule has 0 N–H and O–H groups in total. The molecule has 2 heteroatoms. The minimum atomic E-state index is 0.666. The molecule has 0 amide bonds. The van der Waals surface area contributed by atoms with E-state index in [0.29, 0.717) is 13.2 Å². The van der Waals surface area contributed by atoms with Crippen molar-refractivity contribution in [2.24, 2.45) is 0 Å². The summed E-state index contributed by atoms with van der Waals surface area (Å²) in [6.45, 7) is 8.41. The van der Waals surface area contributed by atoms with Crippen molar-refractivity contribution in [3.05, 3.63) is 36.8 Å². The van der Waals surface area contributed by atoms with Gasteiger partial charge in [-0.05, 0) is 36.8 Å². The Morgan fingerprint density at radius 3 is 1.71 bits per heavy atom. The minimum absolute atomic E-state index is 0.666. The molecule has 0 bridgehead atoms. The average molecular weight is 194 g/mol. The lowest BCUT2D eigenvalue weighted by molar-refractivity contribution is 0.254. The van der Waals surface area contributed by atoms with E-state index in [1.165, 1.54) is 36.5 Å². The van der Waals surface area contributed by atoms with Gasteiger partial charge >= 0.3 is 0 Å². The predicted octanol–water partition coefficient (Wildman–Crippen LogP) is 3.18. The van der Waals surface area contributed by atoms with Gasteiger partial charge in [0.1, 0.15) is 13.2 Å². The van der Waals surface area contributed by atoms with Gasteiger partial charge in [0.15, 0.2) is 0 Å². The summed E-state index contributed by atoms with van der Waals surface area (Å²) >= 11 is 0. The van der Waals surface area contributed by atoms with E-state index in [-0.39, 0.29) is 0 Å². The van der Waals surface area contributed by atoms with Crippen molar-refractivity contribution < 1.29 is 9.47 Å². The number of hydrogen-bond donors (Lipinski definition) is 0. The zero-order chi connectivity index (χ0) is 10.2. The van der Waals surface area contributed by atoms with Crippen molar-refractivity contribution >= 4 is 0 Å². The Morgan fingerprint density at radius 2 is 1.36 bits per heavy atom. The van der Waals surface area contributed by atoms with Crippen molar-refractivity contribution in [2.45, 2.75) is 25.7 Å². The van der Waals surface area contributed by atoms with Crippen LogP contribution in [0.1, 0.15) is 25.7 Å². The summed E-state index contributed by atoms with van der Waals surface area (Å²) in [5.74, 6) is 0. The first-order valence-electron chi connectivity index (χ1n) is 5.03. The van der Waals surface area contributed by atoms with Gasteiger partial charge < -0.3 is 9.47 Å². The van der Waals surface area contributed by atoms with Crippen LogP contribution < -0.4 is 0 Å². The molecule has 1 aliphatic carbocycles. The van der Waals surface area contributed by atoms with Crippen molar-refractivity contribution in [1.29, 1.82) is 0 Å². The van der Waals surface area contributed by atoms with Crippen molar-refractivity contribution in [2.75, 3.05) is 13.2 Å². The van der Waals surface area contributed by atoms with Gasteiger partial charge in [-0.1, -0.05) is 13.2 Å². The molecule has 0 aromatic heterocycles. The molecule has 0 aliphatic heterocycles. The molecule has 0 aromatic rings. The molecule has 1 aliphatic rings. The summed E-state index contributed by atoms with van der Waals surface area (Å²) in [4.78, 5) is 0. The first-order chi connectivity index (χ1) is 6.88. The highest BCUT2D eigenvalue weighted by Crippen LogP contribution is 2.25. The molecule has 78 valence electrons. The van der Waals surface area contributed by atoms with Gasteiger partial charge in [-0.15, -0.1) is 0 Å². The van der Waals surface area contributed by atoms with Crippen LogP contribution >= 0.6 is 0 Å². The monoisotopic (exact) mass is 194 g/mol. The fourth-order valence-corrected chi connectivity index (χ4v) is 1.70. The lowest BCUT2D eigenvalue weighted by Crippen LogP contribution is -2.08. The summed E-state index contributed by atoms with van der Waals surface area (Å²) in [5, 5.41) is 0. The smallest absolute Gasteiger partial charge is 0.109 e. The van der Waals surface area contributed by atoms with Crippen molar-refractivity contribution in [3.63, 3.8) is 0 Å². The van der Waals surface area contributed by atoms with Gasteiger partial charge in [0, 0.05) is 0 Å². The summed E-state index contributed by atoms with van der Waals surface area (Å²) in [7, 11) is 0. The zero-order valence-corrected chi connectivity index (χ0v) is 8.63. The SMILES string of the molecule is C=COCC1=C(COC=C)CCCC1. The van der Waals surface area contributed by atoms with Gasteiger partial charge in [0.05, 0.1) is 12.5 Å². The van der Waals surface area contributed by atoms with E-state index in [1.807, 2.05) is 0 Å². The van der Waals surface area contributed by atoms with E-state index in [1.54, 1.807) is 0 Å².